The Labute approximate surface area is 121 Å². The summed E-state index contributed by atoms with van der Waals surface area (Å²) in [5.74, 6) is 0.0347. The van der Waals surface area contributed by atoms with E-state index in [1.165, 1.54) is 16.9 Å². The molecular formula is C15H16N2O4. The van der Waals surface area contributed by atoms with Gasteiger partial charge < -0.3 is 9.47 Å². The lowest BCUT2D eigenvalue weighted by atomic mass is 10.2. The molecule has 2 aromatic rings. The predicted octanol–water partition coefficient (Wildman–Crippen LogP) is 1.73. The van der Waals surface area contributed by atoms with E-state index >= 15 is 0 Å². The number of carbonyl (C=O) groups excluding carboxylic acids is 1. The van der Waals surface area contributed by atoms with Crippen molar-refractivity contribution in [2.24, 2.45) is 0 Å². The van der Waals surface area contributed by atoms with Crippen molar-refractivity contribution < 1.29 is 14.3 Å². The van der Waals surface area contributed by atoms with Gasteiger partial charge in [-0.05, 0) is 37.6 Å². The molecule has 0 aliphatic carbocycles. The fraction of sp³-hybridized carbons (Fsp3) is 0.267. The Morgan fingerprint density at radius 3 is 2.71 bits per heavy atom. The van der Waals surface area contributed by atoms with Gasteiger partial charge in [-0.1, -0.05) is 0 Å². The molecule has 0 fully saturated rings. The van der Waals surface area contributed by atoms with Gasteiger partial charge >= 0.3 is 5.97 Å². The molecule has 0 N–H and O–H groups in total. The van der Waals surface area contributed by atoms with Crippen LogP contribution >= 0.6 is 0 Å². The average Bonchev–Trinajstić information content (AvgIpc) is 2.48. The Kier molecular flexibility index (Phi) is 4.37. The number of nitrogens with zero attached hydrogens (tertiary/aromatic N) is 2. The maximum atomic E-state index is 11.7. The Hall–Kier alpha value is -2.63. The highest BCUT2D eigenvalue weighted by atomic mass is 16.5. The molecule has 0 unspecified atom stereocenters. The smallest absolute Gasteiger partial charge is 0.362 e. The summed E-state index contributed by atoms with van der Waals surface area (Å²) in [5, 5.41) is 4.05. The van der Waals surface area contributed by atoms with Gasteiger partial charge in [-0.2, -0.15) is 5.10 Å². The largest absolute Gasteiger partial charge is 0.496 e. The molecule has 0 bridgehead atoms. The van der Waals surface area contributed by atoms with Crippen molar-refractivity contribution in [2.45, 2.75) is 13.8 Å². The van der Waals surface area contributed by atoms with Crippen LogP contribution in [0.1, 0.15) is 23.0 Å². The van der Waals surface area contributed by atoms with Crippen LogP contribution in [0.15, 0.2) is 35.3 Å². The first kappa shape index (κ1) is 14.8. The zero-order valence-corrected chi connectivity index (χ0v) is 12.1. The van der Waals surface area contributed by atoms with Gasteiger partial charge in [0, 0.05) is 12.3 Å². The Balaban J connectivity index is 2.45. The molecule has 0 aliphatic rings. The van der Waals surface area contributed by atoms with E-state index in [0.29, 0.717) is 0 Å². The van der Waals surface area contributed by atoms with Gasteiger partial charge in [0.1, 0.15) is 5.75 Å². The molecule has 110 valence electrons. The Morgan fingerprint density at radius 2 is 2.10 bits per heavy atom. The number of rotatable bonds is 4. The molecule has 0 radical (unpaired) electrons. The topological polar surface area (TPSA) is 70.4 Å². The lowest BCUT2D eigenvalue weighted by Crippen LogP contribution is -2.22. The minimum Gasteiger partial charge on any atom is -0.496 e. The molecule has 0 atom stereocenters. The number of ether oxygens (including phenoxy) is 2. The highest BCUT2D eigenvalue weighted by molar-refractivity contribution is 5.86. The number of carbonyl (C=O) groups is 1. The number of hydrogen-bond acceptors (Lipinski definition) is 5. The van der Waals surface area contributed by atoms with Crippen LogP contribution < -0.4 is 10.2 Å². The van der Waals surface area contributed by atoms with Crippen LogP contribution in [-0.2, 0) is 4.74 Å². The third kappa shape index (κ3) is 3.10. The minimum absolute atomic E-state index is 0.191. The third-order valence-electron chi connectivity index (χ3n) is 2.92. The summed E-state index contributed by atoms with van der Waals surface area (Å²) < 4.78 is 11.5. The number of aryl methyl sites for hydroxylation is 1. The molecule has 0 saturated carbocycles. The maximum absolute atomic E-state index is 11.7. The molecule has 1 heterocycles. The highest BCUT2D eigenvalue weighted by Gasteiger charge is 2.14. The van der Waals surface area contributed by atoms with E-state index in [-0.39, 0.29) is 12.3 Å². The van der Waals surface area contributed by atoms with Crippen molar-refractivity contribution in [3.05, 3.63) is 51.9 Å². The van der Waals surface area contributed by atoms with Crippen molar-refractivity contribution in [1.82, 2.24) is 9.78 Å². The van der Waals surface area contributed by atoms with Crippen LogP contribution in [-0.4, -0.2) is 29.5 Å². The number of aromatic nitrogens is 2. The van der Waals surface area contributed by atoms with E-state index in [9.17, 15) is 9.59 Å². The second-order valence-corrected chi connectivity index (χ2v) is 4.35. The molecule has 0 aliphatic heterocycles. The summed E-state index contributed by atoms with van der Waals surface area (Å²) in [7, 11) is 1.60. The van der Waals surface area contributed by atoms with E-state index in [1.54, 1.807) is 26.2 Å². The van der Waals surface area contributed by atoms with Crippen LogP contribution in [0.25, 0.3) is 5.69 Å². The van der Waals surface area contributed by atoms with Crippen molar-refractivity contribution in [1.29, 1.82) is 0 Å². The number of benzene rings is 1. The van der Waals surface area contributed by atoms with Crippen molar-refractivity contribution in [3.8, 4) is 11.4 Å². The van der Waals surface area contributed by atoms with E-state index in [1.807, 2.05) is 13.0 Å². The van der Waals surface area contributed by atoms with Gasteiger partial charge in [-0.15, -0.1) is 0 Å². The fourth-order valence-corrected chi connectivity index (χ4v) is 1.90. The van der Waals surface area contributed by atoms with Gasteiger partial charge in [0.2, 0.25) is 11.1 Å². The van der Waals surface area contributed by atoms with Gasteiger partial charge in [-0.25, -0.2) is 9.48 Å². The molecule has 2 rings (SSSR count). The Morgan fingerprint density at radius 1 is 1.33 bits per heavy atom. The van der Waals surface area contributed by atoms with Gasteiger partial charge in [0.15, 0.2) is 0 Å². The zero-order valence-electron chi connectivity index (χ0n) is 12.1. The molecule has 1 aromatic carbocycles. The zero-order chi connectivity index (χ0) is 15.4. The van der Waals surface area contributed by atoms with E-state index in [2.05, 4.69) is 5.10 Å². The molecule has 1 aromatic heterocycles. The van der Waals surface area contributed by atoms with Crippen LogP contribution in [0.3, 0.4) is 0 Å². The molecule has 21 heavy (non-hydrogen) atoms. The van der Waals surface area contributed by atoms with Crippen molar-refractivity contribution in [2.75, 3.05) is 13.7 Å². The molecule has 0 spiro atoms. The third-order valence-corrected chi connectivity index (χ3v) is 2.92. The standard InChI is InChI=1S/C15H16N2O4/c1-4-21-15(19)14-12(18)7-8-17(16-14)11-5-6-13(20-3)10(2)9-11/h5-9H,4H2,1-3H3. The van der Waals surface area contributed by atoms with Gasteiger partial charge in [0.05, 0.1) is 19.4 Å². The number of esters is 1. The molecular weight excluding hydrogens is 272 g/mol. The summed E-state index contributed by atoms with van der Waals surface area (Å²) in [6, 6.07) is 6.73. The second-order valence-electron chi connectivity index (χ2n) is 4.35. The second kappa shape index (κ2) is 6.21. The molecule has 6 nitrogen and oxygen atoms in total. The van der Waals surface area contributed by atoms with Crippen molar-refractivity contribution in [3.63, 3.8) is 0 Å². The predicted molar refractivity (Wildman–Crippen MR) is 77.1 cm³/mol. The minimum atomic E-state index is -0.720. The molecule has 6 heteroatoms. The van der Waals surface area contributed by atoms with Crippen LogP contribution in [0.4, 0.5) is 0 Å². The quantitative estimate of drug-likeness (QED) is 0.801. The van der Waals surface area contributed by atoms with Crippen LogP contribution in [0.5, 0.6) is 5.75 Å². The van der Waals surface area contributed by atoms with Crippen LogP contribution in [0, 0.1) is 6.92 Å². The monoisotopic (exact) mass is 288 g/mol. The first-order valence-corrected chi connectivity index (χ1v) is 6.49. The van der Waals surface area contributed by atoms with Crippen LogP contribution in [0.2, 0.25) is 0 Å². The summed E-state index contributed by atoms with van der Waals surface area (Å²) in [4.78, 5) is 23.4. The highest BCUT2D eigenvalue weighted by Crippen LogP contribution is 2.20. The van der Waals surface area contributed by atoms with E-state index < -0.39 is 11.4 Å². The first-order chi connectivity index (χ1) is 10.1. The Bertz CT molecular complexity index is 722. The molecule has 0 amide bonds. The first-order valence-electron chi connectivity index (χ1n) is 6.49. The average molecular weight is 288 g/mol. The lowest BCUT2D eigenvalue weighted by molar-refractivity contribution is 0.0515. The maximum Gasteiger partial charge on any atom is 0.362 e. The normalized spacial score (nSPS) is 10.2. The number of methoxy groups -OCH3 is 1. The SMILES string of the molecule is CCOC(=O)c1nn(-c2ccc(OC)c(C)c2)ccc1=O. The summed E-state index contributed by atoms with van der Waals surface area (Å²) in [6.45, 7) is 3.76. The lowest BCUT2D eigenvalue weighted by Gasteiger charge is -2.10. The summed E-state index contributed by atoms with van der Waals surface area (Å²) in [6.07, 6.45) is 1.51. The number of hydrogen-bond donors (Lipinski definition) is 0. The van der Waals surface area contributed by atoms with E-state index in [0.717, 1.165) is 17.0 Å². The van der Waals surface area contributed by atoms with Gasteiger partial charge in [0.25, 0.3) is 0 Å². The van der Waals surface area contributed by atoms with E-state index in [4.69, 9.17) is 9.47 Å². The summed E-state index contributed by atoms with van der Waals surface area (Å²) >= 11 is 0. The summed E-state index contributed by atoms with van der Waals surface area (Å²) in [5.41, 5.74) is 0.954. The van der Waals surface area contributed by atoms with Crippen molar-refractivity contribution >= 4 is 5.97 Å². The van der Waals surface area contributed by atoms with Gasteiger partial charge in [-0.3, -0.25) is 4.79 Å². The fourth-order valence-electron chi connectivity index (χ4n) is 1.90. The molecule has 0 saturated heterocycles.